The molecule has 2 heterocycles. The molecule has 0 bridgehead atoms. The molecule has 0 fully saturated rings. The minimum Gasteiger partial charge on any atom is -0.481 e. The molecule has 6 heteroatoms. The standard InChI is InChI=1S/C13H15N3O3/c1-8(13(18)19)9(2)15-12(17)10-3-4-11-14-5-6-16(11)7-10/h3-9H,1-2H3,(H,15,17)(H,18,19). The van der Waals surface area contributed by atoms with Crippen LogP contribution in [0.5, 0.6) is 0 Å². The number of fused-ring (bicyclic) bond motifs is 1. The molecule has 2 atom stereocenters. The molecule has 0 saturated carbocycles. The molecule has 0 aliphatic rings. The number of rotatable bonds is 4. The van der Waals surface area contributed by atoms with Gasteiger partial charge in [-0.2, -0.15) is 0 Å². The maximum absolute atomic E-state index is 12.0. The van der Waals surface area contributed by atoms with Gasteiger partial charge in [-0.05, 0) is 26.0 Å². The largest absolute Gasteiger partial charge is 0.481 e. The fourth-order valence-corrected chi connectivity index (χ4v) is 1.68. The fourth-order valence-electron chi connectivity index (χ4n) is 1.68. The van der Waals surface area contributed by atoms with Gasteiger partial charge < -0.3 is 14.8 Å². The number of carbonyl (C=O) groups is 2. The number of carboxylic acids is 1. The van der Waals surface area contributed by atoms with Crippen LogP contribution in [0.3, 0.4) is 0 Å². The van der Waals surface area contributed by atoms with Gasteiger partial charge in [-0.3, -0.25) is 9.59 Å². The third-order valence-corrected chi connectivity index (χ3v) is 3.15. The normalized spacial score (nSPS) is 14.0. The highest BCUT2D eigenvalue weighted by molar-refractivity contribution is 5.94. The van der Waals surface area contributed by atoms with Crippen molar-refractivity contribution in [2.75, 3.05) is 0 Å². The third kappa shape index (κ3) is 2.73. The lowest BCUT2D eigenvalue weighted by atomic mass is 10.0. The molecule has 2 rings (SSSR count). The molecule has 1 amide bonds. The quantitative estimate of drug-likeness (QED) is 0.865. The lowest BCUT2D eigenvalue weighted by Crippen LogP contribution is -2.40. The molecule has 2 unspecified atom stereocenters. The Labute approximate surface area is 110 Å². The van der Waals surface area contributed by atoms with Crippen LogP contribution in [-0.4, -0.2) is 32.4 Å². The van der Waals surface area contributed by atoms with Crippen molar-refractivity contribution in [3.63, 3.8) is 0 Å². The SMILES string of the molecule is CC(NC(=O)c1ccc2nccn2c1)C(C)C(=O)O. The van der Waals surface area contributed by atoms with Crippen LogP contribution in [0, 0.1) is 5.92 Å². The van der Waals surface area contributed by atoms with Gasteiger partial charge in [0.25, 0.3) is 5.91 Å². The van der Waals surface area contributed by atoms with E-state index in [1.807, 2.05) is 0 Å². The summed E-state index contributed by atoms with van der Waals surface area (Å²) in [7, 11) is 0. The predicted octanol–water partition coefficient (Wildman–Crippen LogP) is 1.17. The van der Waals surface area contributed by atoms with Gasteiger partial charge in [-0.1, -0.05) is 0 Å². The predicted molar refractivity (Wildman–Crippen MR) is 68.9 cm³/mol. The monoisotopic (exact) mass is 261 g/mol. The number of nitrogens with one attached hydrogen (secondary N) is 1. The Morgan fingerprint density at radius 3 is 2.79 bits per heavy atom. The zero-order valence-electron chi connectivity index (χ0n) is 10.7. The van der Waals surface area contributed by atoms with E-state index in [4.69, 9.17) is 5.11 Å². The minimum absolute atomic E-state index is 0.295. The maximum atomic E-state index is 12.0. The van der Waals surface area contributed by atoms with Gasteiger partial charge in [0.05, 0.1) is 11.5 Å². The van der Waals surface area contributed by atoms with E-state index in [2.05, 4.69) is 10.3 Å². The first-order valence-corrected chi connectivity index (χ1v) is 5.95. The van der Waals surface area contributed by atoms with Crippen LogP contribution >= 0.6 is 0 Å². The van der Waals surface area contributed by atoms with Crippen molar-refractivity contribution < 1.29 is 14.7 Å². The molecular formula is C13H15N3O3. The summed E-state index contributed by atoms with van der Waals surface area (Å²) in [5.41, 5.74) is 1.22. The summed E-state index contributed by atoms with van der Waals surface area (Å²) in [6.07, 6.45) is 5.05. The molecule has 2 N–H and O–H groups in total. The van der Waals surface area contributed by atoms with Crippen molar-refractivity contribution in [2.45, 2.75) is 19.9 Å². The van der Waals surface area contributed by atoms with E-state index >= 15 is 0 Å². The Balaban J connectivity index is 2.13. The Bertz CT molecular complexity index is 620. The lowest BCUT2D eigenvalue weighted by molar-refractivity contribution is -0.141. The van der Waals surface area contributed by atoms with Crippen molar-refractivity contribution in [3.05, 3.63) is 36.3 Å². The zero-order valence-corrected chi connectivity index (χ0v) is 10.7. The van der Waals surface area contributed by atoms with Gasteiger partial charge in [0.2, 0.25) is 0 Å². The summed E-state index contributed by atoms with van der Waals surface area (Å²) in [6, 6.07) is 2.96. The second kappa shape index (κ2) is 5.09. The minimum atomic E-state index is -0.933. The summed E-state index contributed by atoms with van der Waals surface area (Å²) in [6.45, 7) is 3.23. The molecule has 6 nitrogen and oxygen atoms in total. The van der Waals surface area contributed by atoms with E-state index in [1.54, 1.807) is 49.0 Å². The van der Waals surface area contributed by atoms with Crippen LogP contribution in [0.1, 0.15) is 24.2 Å². The van der Waals surface area contributed by atoms with E-state index in [-0.39, 0.29) is 5.91 Å². The van der Waals surface area contributed by atoms with Crippen LogP contribution in [0.4, 0.5) is 0 Å². The molecule has 0 spiro atoms. The second-order valence-electron chi connectivity index (χ2n) is 4.50. The Morgan fingerprint density at radius 1 is 1.37 bits per heavy atom. The highest BCUT2D eigenvalue weighted by Crippen LogP contribution is 2.07. The van der Waals surface area contributed by atoms with Crippen molar-refractivity contribution >= 4 is 17.5 Å². The summed E-state index contributed by atoms with van der Waals surface area (Å²) in [4.78, 5) is 26.9. The number of carboxylic acid groups (broad SMARTS) is 1. The van der Waals surface area contributed by atoms with Gasteiger partial charge in [0, 0.05) is 24.6 Å². The zero-order chi connectivity index (χ0) is 14.0. The van der Waals surface area contributed by atoms with Gasteiger partial charge in [0.1, 0.15) is 5.65 Å². The summed E-state index contributed by atoms with van der Waals surface area (Å²) < 4.78 is 1.74. The molecule has 0 radical (unpaired) electrons. The molecule has 100 valence electrons. The number of hydrogen-bond donors (Lipinski definition) is 2. The molecular weight excluding hydrogens is 246 g/mol. The first-order chi connectivity index (χ1) is 8.99. The first kappa shape index (κ1) is 13.1. The highest BCUT2D eigenvalue weighted by Gasteiger charge is 2.21. The van der Waals surface area contributed by atoms with Crippen LogP contribution in [0.15, 0.2) is 30.7 Å². The number of imidazole rings is 1. The Hall–Kier alpha value is -2.37. The van der Waals surface area contributed by atoms with Gasteiger partial charge in [0.15, 0.2) is 0 Å². The number of hydrogen-bond acceptors (Lipinski definition) is 3. The molecule has 2 aromatic rings. The fraction of sp³-hybridized carbons (Fsp3) is 0.308. The Morgan fingerprint density at radius 2 is 2.11 bits per heavy atom. The number of carbonyl (C=O) groups excluding carboxylic acids is 1. The van der Waals surface area contributed by atoms with Crippen molar-refractivity contribution in [1.29, 1.82) is 0 Å². The molecule has 0 aromatic carbocycles. The first-order valence-electron chi connectivity index (χ1n) is 5.95. The molecule has 19 heavy (non-hydrogen) atoms. The summed E-state index contributed by atoms with van der Waals surface area (Å²) >= 11 is 0. The Kier molecular flexibility index (Phi) is 3.50. The van der Waals surface area contributed by atoms with Gasteiger partial charge in [-0.25, -0.2) is 4.98 Å². The number of nitrogens with zero attached hydrogens (tertiary/aromatic N) is 2. The summed E-state index contributed by atoms with van der Waals surface area (Å²) in [5, 5.41) is 11.6. The van der Waals surface area contributed by atoms with E-state index in [0.717, 1.165) is 5.65 Å². The van der Waals surface area contributed by atoms with Crippen LogP contribution in [-0.2, 0) is 4.79 Å². The average Bonchev–Trinajstić information content (AvgIpc) is 2.84. The molecule has 0 aliphatic heterocycles. The van der Waals surface area contributed by atoms with Crippen LogP contribution < -0.4 is 5.32 Å². The smallest absolute Gasteiger partial charge is 0.308 e. The number of aliphatic carboxylic acids is 1. The van der Waals surface area contributed by atoms with E-state index in [9.17, 15) is 9.59 Å². The van der Waals surface area contributed by atoms with Crippen LogP contribution in [0.25, 0.3) is 5.65 Å². The number of pyridine rings is 1. The van der Waals surface area contributed by atoms with E-state index < -0.39 is 17.9 Å². The molecule has 2 aromatic heterocycles. The topological polar surface area (TPSA) is 83.7 Å². The van der Waals surface area contributed by atoms with Crippen molar-refractivity contribution in [1.82, 2.24) is 14.7 Å². The van der Waals surface area contributed by atoms with Crippen molar-refractivity contribution in [3.8, 4) is 0 Å². The van der Waals surface area contributed by atoms with Crippen LogP contribution in [0.2, 0.25) is 0 Å². The lowest BCUT2D eigenvalue weighted by Gasteiger charge is -2.17. The number of aromatic nitrogens is 2. The second-order valence-corrected chi connectivity index (χ2v) is 4.50. The average molecular weight is 261 g/mol. The van der Waals surface area contributed by atoms with E-state index in [0.29, 0.717) is 5.56 Å². The summed E-state index contributed by atoms with van der Waals surface area (Å²) in [5.74, 6) is -1.87. The molecule has 0 aliphatic carbocycles. The number of amides is 1. The highest BCUT2D eigenvalue weighted by atomic mass is 16.4. The van der Waals surface area contributed by atoms with Gasteiger partial charge in [-0.15, -0.1) is 0 Å². The molecule has 0 saturated heterocycles. The van der Waals surface area contributed by atoms with Crippen molar-refractivity contribution in [2.24, 2.45) is 5.92 Å². The van der Waals surface area contributed by atoms with E-state index in [1.165, 1.54) is 0 Å². The third-order valence-electron chi connectivity index (χ3n) is 3.15. The maximum Gasteiger partial charge on any atom is 0.308 e. The van der Waals surface area contributed by atoms with Gasteiger partial charge >= 0.3 is 5.97 Å².